The van der Waals surface area contributed by atoms with Gasteiger partial charge >= 0.3 is 0 Å². The fraction of sp³-hybridized carbons (Fsp3) is 0.238. The van der Waals surface area contributed by atoms with E-state index >= 15 is 0 Å². The van der Waals surface area contributed by atoms with Crippen LogP contribution < -0.4 is 10.1 Å². The molecule has 0 aliphatic rings. The summed E-state index contributed by atoms with van der Waals surface area (Å²) in [6.07, 6.45) is 0.794. The summed E-state index contributed by atoms with van der Waals surface area (Å²) in [5, 5.41) is 18.4. The first kappa shape index (κ1) is 20.1. The van der Waals surface area contributed by atoms with Crippen LogP contribution in [0.2, 0.25) is 0 Å². The number of aromatic nitrogens is 2. The Labute approximate surface area is 168 Å². The van der Waals surface area contributed by atoms with Crippen molar-refractivity contribution in [3.05, 3.63) is 70.4 Å². The second-order valence-electron chi connectivity index (χ2n) is 6.61. The smallest absolute Gasteiger partial charge is 0.270 e. The van der Waals surface area contributed by atoms with Gasteiger partial charge in [-0.05, 0) is 55.8 Å². The highest BCUT2D eigenvalue weighted by Gasteiger charge is 2.19. The molecule has 0 fully saturated rings. The number of hydrogen-bond acceptors (Lipinski definition) is 5. The number of rotatable bonds is 7. The lowest BCUT2D eigenvalue weighted by atomic mass is 10.1. The summed E-state index contributed by atoms with van der Waals surface area (Å²) in [6.45, 7) is 3.91. The number of nitro groups is 1. The van der Waals surface area contributed by atoms with Gasteiger partial charge in [-0.1, -0.05) is 6.92 Å². The van der Waals surface area contributed by atoms with E-state index in [1.54, 1.807) is 25.3 Å². The average Bonchev–Trinajstić information content (AvgIpc) is 3.19. The molecule has 3 rings (SSSR count). The number of benzene rings is 2. The Balaban J connectivity index is 2.05. The van der Waals surface area contributed by atoms with Gasteiger partial charge in [0.2, 0.25) is 0 Å². The fourth-order valence-electron chi connectivity index (χ4n) is 2.76. The van der Waals surface area contributed by atoms with Crippen molar-refractivity contribution in [2.75, 3.05) is 7.11 Å². The van der Waals surface area contributed by atoms with Gasteiger partial charge in [0.15, 0.2) is 0 Å². The van der Waals surface area contributed by atoms with Crippen LogP contribution in [-0.4, -0.2) is 33.8 Å². The minimum Gasteiger partial charge on any atom is -0.497 e. The van der Waals surface area contributed by atoms with Crippen LogP contribution in [0.15, 0.2) is 54.6 Å². The molecule has 0 saturated carbocycles. The zero-order chi connectivity index (χ0) is 21.0. The quantitative estimate of drug-likeness (QED) is 0.483. The summed E-state index contributed by atoms with van der Waals surface area (Å²) in [6, 6.07) is 15.0. The number of nitro benzene ring substituents is 1. The van der Waals surface area contributed by atoms with Gasteiger partial charge in [0.1, 0.15) is 11.4 Å². The van der Waals surface area contributed by atoms with Crippen LogP contribution in [0.5, 0.6) is 5.75 Å². The van der Waals surface area contributed by atoms with Crippen molar-refractivity contribution in [1.82, 2.24) is 15.1 Å². The molecule has 0 radical (unpaired) electrons. The minimum atomic E-state index is -0.466. The lowest BCUT2D eigenvalue weighted by molar-refractivity contribution is -0.384. The first-order valence-electron chi connectivity index (χ1n) is 9.23. The maximum absolute atomic E-state index is 12.8. The SMILES string of the molecule is CC[C@H](C)NC(=O)c1cc(-c2ccc(OC)cc2)nn1-c1ccc([N+](=O)[O-])cc1. The van der Waals surface area contributed by atoms with Crippen molar-refractivity contribution >= 4 is 11.6 Å². The van der Waals surface area contributed by atoms with E-state index in [1.165, 1.54) is 16.8 Å². The predicted molar refractivity (Wildman–Crippen MR) is 109 cm³/mol. The highest BCUT2D eigenvalue weighted by Crippen LogP contribution is 2.25. The van der Waals surface area contributed by atoms with E-state index < -0.39 is 4.92 Å². The summed E-state index contributed by atoms with van der Waals surface area (Å²) in [7, 11) is 1.59. The summed E-state index contributed by atoms with van der Waals surface area (Å²) < 4.78 is 6.68. The maximum Gasteiger partial charge on any atom is 0.270 e. The highest BCUT2D eigenvalue weighted by atomic mass is 16.6. The van der Waals surface area contributed by atoms with E-state index in [1.807, 2.05) is 38.1 Å². The molecular weight excluding hydrogens is 372 g/mol. The second kappa shape index (κ2) is 8.55. The minimum absolute atomic E-state index is 0.00662. The molecule has 8 heteroatoms. The largest absolute Gasteiger partial charge is 0.497 e. The maximum atomic E-state index is 12.8. The number of non-ortho nitro benzene ring substituents is 1. The molecule has 150 valence electrons. The molecule has 8 nitrogen and oxygen atoms in total. The molecule has 1 aromatic heterocycles. The number of carbonyl (C=O) groups excluding carboxylic acids is 1. The van der Waals surface area contributed by atoms with E-state index in [0.29, 0.717) is 17.1 Å². The number of nitrogens with zero attached hydrogens (tertiary/aromatic N) is 3. The molecule has 1 atom stereocenters. The Kier molecular flexibility index (Phi) is 5.92. The molecular formula is C21H22N4O4. The van der Waals surface area contributed by atoms with Crippen LogP contribution in [0.1, 0.15) is 30.8 Å². The van der Waals surface area contributed by atoms with Gasteiger partial charge in [-0.25, -0.2) is 4.68 Å². The first-order valence-corrected chi connectivity index (χ1v) is 9.23. The number of methoxy groups -OCH3 is 1. The summed E-state index contributed by atoms with van der Waals surface area (Å²) in [5.41, 5.74) is 2.32. The molecule has 0 unspecified atom stereocenters. The Bertz CT molecular complexity index is 1010. The van der Waals surface area contributed by atoms with Crippen LogP contribution in [0.25, 0.3) is 16.9 Å². The van der Waals surface area contributed by atoms with Crippen molar-refractivity contribution in [3.63, 3.8) is 0 Å². The fourth-order valence-corrected chi connectivity index (χ4v) is 2.76. The second-order valence-corrected chi connectivity index (χ2v) is 6.61. The van der Waals surface area contributed by atoms with Gasteiger partial charge in [0, 0.05) is 23.7 Å². The van der Waals surface area contributed by atoms with Gasteiger partial charge in [-0.15, -0.1) is 0 Å². The zero-order valence-electron chi connectivity index (χ0n) is 16.5. The Morgan fingerprint density at radius 3 is 2.41 bits per heavy atom. The standard InChI is InChI=1S/C21H22N4O4/c1-4-14(2)22-21(26)20-13-19(15-5-11-18(29-3)12-6-15)23-24(20)16-7-9-17(10-8-16)25(27)28/h5-14H,4H2,1-3H3,(H,22,26)/t14-/m0/s1. The average molecular weight is 394 g/mol. The van der Waals surface area contributed by atoms with Gasteiger partial charge < -0.3 is 10.1 Å². The number of ether oxygens (including phenoxy) is 1. The topological polar surface area (TPSA) is 99.3 Å². The van der Waals surface area contributed by atoms with E-state index in [4.69, 9.17) is 4.74 Å². The molecule has 1 heterocycles. The normalized spacial score (nSPS) is 11.7. The first-order chi connectivity index (χ1) is 13.9. The molecule has 3 aromatic rings. The molecule has 29 heavy (non-hydrogen) atoms. The van der Waals surface area contributed by atoms with Crippen molar-refractivity contribution < 1.29 is 14.5 Å². The molecule has 1 amide bonds. The molecule has 0 aliphatic carbocycles. The summed E-state index contributed by atoms with van der Waals surface area (Å²) >= 11 is 0. The summed E-state index contributed by atoms with van der Waals surface area (Å²) in [4.78, 5) is 23.3. The summed E-state index contributed by atoms with van der Waals surface area (Å²) in [5.74, 6) is 0.461. The Morgan fingerprint density at radius 1 is 1.21 bits per heavy atom. The third-order valence-electron chi connectivity index (χ3n) is 4.62. The van der Waals surface area contributed by atoms with Crippen molar-refractivity contribution in [2.24, 2.45) is 0 Å². The molecule has 0 saturated heterocycles. The third kappa shape index (κ3) is 4.43. The lowest BCUT2D eigenvalue weighted by Gasteiger charge is -2.12. The number of nitrogens with one attached hydrogen (secondary N) is 1. The van der Waals surface area contributed by atoms with E-state index in [-0.39, 0.29) is 17.6 Å². The lowest BCUT2D eigenvalue weighted by Crippen LogP contribution is -2.33. The van der Waals surface area contributed by atoms with Crippen LogP contribution in [-0.2, 0) is 0 Å². The van der Waals surface area contributed by atoms with Crippen molar-refractivity contribution in [2.45, 2.75) is 26.3 Å². The molecule has 0 bridgehead atoms. The number of carbonyl (C=O) groups is 1. The van der Waals surface area contributed by atoms with Crippen LogP contribution in [0.4, 0.5) is 5.69 Å². The monoisotopic (exact) mass is 394 g/mol. The van der Waals surface area contributed by atoms with E-state index in [0.717, 1.165) is 17.7 Å². The van der Waals surface area contributed by atoms with Gasteiger partial charge in [0.25, 0.3) is 11.6 Å². The number of hydrogen-bond donors (Lipinski definition) is 1. The van der Waals surface area contributed by atoms with E-state index in [2.05, 4.69) is 10.4 Å². The van der Waals surface area contributed by atoms with Crippen LogP contribution >= 0.6 is 0 Å². The molecule has 1 N–H and O–H groups in total. The number of amides is 1. The molecule has 0 aliphatic heterocycles. The van der Waals surface area contributed by atoms with Crippen LogP contribution in [0, 0.1) is 10.1 Å². The van der Waals surface area contributed by atoms with E-state index in [9.17, 15) is 14.9 Å². The van der Waals surface area contributed by atoms with Gasteiger partial charge in [-0.2, -0.15) is 5.10 Å². The molecule has 2 aromatic carbocycles. The van der Waals surface area contributed by atoms with Gasteiger partial charge in [0.05, 0.1) is 23.4 Å². The van der Waals surface area contributed by atoms with Crippen molar-refractivity contribution in [3.8, 4) is 22.7 Å². The molecule has 0 spiro atoms. The van der Waals surface area contributed by atoms with Gasteiger partial charge in [-0.3, -0.25) is 14.9 Å². The Hall–Kier alpha value is -3.68. The van der Waals surface area contributed by atoms with Crippen molar-refractivity contribution in [1.29, 1.82) is 0 Å². The van der Waals surface area contributed by atoms with Crippen LogP contribution in [0.3, 0.4) is 0 Å². The highest BCUT2D eigenvalue weighted by molar-refractivity contribution is 5.94. The predicted octanol–water partition coefficient (Wildman–Crippen LogP) is 3.98. The third-order valence-corrected chi connectivity index (χ3v) is 4.62. The zero-order valence-corrected chi connectivity index (χ0v) is 16.5. The Morgan fingerprint density at radius 2 is 1.86 bits per heavy atom.